The first kappa shape index (κ1) is 14.4. The van der Waals surface area contributed by atoms with Crippen molar-refractivity contribution in [3.63, 3.8) is 0 Å². The smallest absolute Gasteiger partial charge is 0.322 e. The van der Waals surface area contributed by atoms with Gasteiger partial charge in [-0.1, -0.05) is 13.8 Å². The molecule has 0 saturated carbocycles. The average Bonchev–Trinajstić information content (AvgIpc) is 2.21. The van der Waals surface area contributed by atoms with Gasteiger partial charge < -0.3 is 14.8 Å². The number of carbonyl (C=O) groups excluding carboxylic acids is 1. The second-order valence-electron chi connectivity index (χ2n) is 3.86. The molecule has 0 saturated heterocycles. The van der Waals surface area contributed by atoms with Gasteiger partial charge in [0.15, 0.2) is 0 Å². The van der Waals surface area contributed by atoms with Gasteiger partial charge in [0.25, 0.3) is 0 Å². The quantitative estimate of drug-likeness (QED) is 0.490. The number of esters is 1. The van der Waals surface area contributed by atoms with Gasteiger partial charge in [0.2, 0.25) is 0 Å². The van der Waals surface area contributed by atoms with Gasteiger partial charge in [-0.05, 0) is 19.3 Å². The van der Waals surface area contributed by atoms with E-state index in [1.165, 1.54) is 7.11 Å². The highest BCUT2D eigenvalue weighted by molar-refractivity contribution is 5.75. The molecule has 4 nitrogen and oxygen atoms in total. The molecule has 0 heterocycles. The topological polar surface area (TPSA) is 47.6 Å². The third-order valence-corrected chi connectivity index (χ3v) is 2.03. The van der Waals surface area contributed by atoms with E-state index in [1.807, 2.05) is 6.92 Å². The van der Waals surface area contributed by atoms with Gasteiger partial charge >= 0.3 is 5.97 Å². The highest BCUT2D eigenvalue weighted by Gasteiger charge is 2.19. The van der Waals surface area contributed by atoms with E-state index >= 15 is 0 Å². The molecule has 0 amide bonds. The molecule has 1 N–H and O–H groups in total. The van der Waals surface area contributed by atoms with Crippen LogP contribution >= 0.6 is 0 Å². The minimum Gasteiger partial charge on any atom is -0.468 e. The Morgan fingerprint density at radius 3 is 2.53 bits per heavy atom. The summed E-state index contributed by atoms with van der Waals surface area (Å²) in [4.78, 5) is 11.4. The first-order valence-electron chi connectivity index (χ1n) is 5.50. The molecule has 0 bridgehead atoms. The van der Waals surface area contributed by atoms with Gasteiger partial charge in [-0.2, -0.15) is 0 Å². The van der Waals surface area contributed by atoms with Gasteiger partial charge in [0.05, 0.1) is 13.7 Å². The molecular weight excluding hydrogens is 194 g/mol. The van der Waals surface area contributed by atoms with Crippen molar-refractivity contribution in [2.75, 3.05) is 26.9 Å². The molecule has 0 aliphatic rings. The number of carbonyl (C=O) groups is 1. The van der Waals surface area contributed by atoms with E-state index in [0.29, 0.717) is 25.7 Å². The van der Waals surface area contributed by atoms with Crippen LogP contribution in [0.5, 0.6) is 0 Å². The number of ether oxygens (including phenoxy) is 2. The van der Waals surface area contributed by atoms with Crippen molar-refractivity contribution in [1.29, 1.82) is 0 Å². The molecule has 0 rings (SSSR count). The van der Waals surface area contributed by atoms with E-state index in [2.05, 4.69) is 19.2 Å². The Kier molecular flexibility index (Phi) is 8.33. The molecule has 0 radical (unpaired) electrons. The molecule has 0 aliphatic heterocycles. The first-order valence-corrected chi connectivity index (χ1v) is 5.50. The molecule has 0 aromatic rings. The van der Waals surface area contributed by atoms with Gasteiger partial charge in [-0.25, -0.2) is 0 Å². The predicted octanol–water partition coefficient (Wildman–Crippen LogP) is 1.20. The minimum atomic E-state index is -0.213. The number of nitrogens with one attached hydrogen (secondary N) is 1. The lowest BCUT2D eigenvalue weighted by Crippen LogP contribution is -2.40. The second-order valence-corrected chi connectivity index (χ2v) is 3.86. The second kappa shape index (κ2) is 8.68. The largest absolute Gasteiger partial charge is 0.468 e. The summed E-state index contributed by atoms with van der Waals surface area (Å²) in [5.41, 5.74) is 0. The van der Waals surface area contributed by atoms with Crippen LogP contribution < -0.4 is 5.32 Å². The van der Waals surface area contributed by atoms with Gasteiger partial charge in [0.1, 0.15) is 6.04 Å². The lowest BCUT2D eigenvalue weighted by Gasteiger charge is -2.18. The van der Waals surface area contributed by atoms with Gasteiger partial charge in [-0.15, -0.1) is 0 Å². The van der Waals surface area contributed by atoms with Crippen LogP contribution in [0.25, 0.3) is 0 Å². The third kappa shape index (κ3) is 7.33. The Bertz CT molecular complexity index is 171. The van der Waals surface area contributed by atoms with Crippen LogP contribution in [0.2, 0.25) is 0 Å². The molecule has 0 aliphatic carbocycles. The maximum atomic E-state index is 11.4. The van der Waals surface area contributed by atoms with Crippen molar-refractivity contribution in [1.82, 2.24) is 5.32 Å². The number of methoxy groups -OCH3 is 1. The molecule has 4 heteroatoms. The van der Waals surface area contributed by atoms with E-state index in [1.54, 1.807) is 0 Å². The van der Waals surface area contributed by atoms with Crippen LogP contribution in [0.3, 0.4) is 0 Å². The molecule has 1 atom stereocenters. The summed E-state index contributed by atoms with van der Waals surface area (Å²) in [6, 6.07) is -0.213. The van der Waals surface area contributed by atoms with Crippen molar-refractivity contribution in [3.05, 3.63) is 0 Å². The highest BCUT2D eigenvalue weighted by Crippen LogP contribution is 2.05. The molecule has 0 aromatic carbocycles. The zero-order chi connectivity index (χ0) is 11.7. The average molecular weight is 217 g/mol. The van der Waals surface area contributed by atoms with Crippen molar-refractivity contribution in [3.8, 4) is 0 Å². The summed E-state index contributed by atoms with van der Waals surface area (Å²) < 4.78 is 9.92. The van der Waals surface area contributed by atoms with Crippen molar-refractivity contribution >= 4 is 5.97 Å². The SMILES string of the molecule is CCOCCNC(CC(C)C)C(=O)OC. The van der Waals surface area contributed by atoms with Gasteiger partial charge in [-0.3, -0.25) is 4.79 Å². The summed E-state index contributed by atoms with van der Waals surface area (Å²) in [7, 11) is 1.42. The molecular formula is C11H23NO3. The molecule has 0 spiro atoms. The number of rotatable bonds is 8. The summed E-state index contributed by atoms with van der Waals surface area (Å²) in [6.45, 7) is 8.13. The highest BCUT2D eigenvalue weighted by atomic mass is 16.5. The molecule has 1 unspecified atom stereocenters. The summed E-state index contributed by atoms with van der Waals surface area (Å²) in [6.07, 6.45) is 0.790. The lowest BCUT2D eigenvalue weighted by atomic mass is 10.0. The van der Waals surface area contributed by atoms with E-state index in [9.17, 15) is 4.79 Å². The van der Waals surface area contributed by atoms with Crippen LogP contribution in [0.4, 0.5) is 0 Å². The molecule has 0 fully saturated rings. The Labute approximate surface area is 92.3 Å². The standard InChI is InChI=1S/C11H23NO3/c1-5-15-7-6-12-10(8-9(2)3)11(13)14-4/h9-10,12H,5-8H2,1-4H3. The van der Waals surface area contributed by atoms with E-state index < -0.39 is 0 Å². The van der Waals surface area contributed by atoms with Crippen molar-refractivity contribution in [2.45, 2.75) is 33.2 Å². The molecule has 90 valence electrons. The van der Waals surface area contributed by atoms with E-state index in [4.69, 9.17) is 9.47 Å². The first-order chi connectivity index (χ1) is 7.11. The number of hydrogen-bond acceptors (Lipinski definition) is 4. The van der Waals surface area contributed by atoms with Crippen LogP contribution in [0.1, 0.15) is 27.2 Å². The van der Waals surface area contributed by atoms with Crippen LogP contribution in [-0.4, -0.2) is 38.9 Å². The Hall–Kier alpha value is -0.610. The van der Waals surface area contributed by atoms with Crippen molar-refractivity contribution < 1.29 is 14.3 Å². The summed E-state index contributed by atoms with van der Waals surface area (Å²) >= 11 is 0. The fourth-order valence-electron chi connectivity index (χ4n) is 1.33. The Morgan fingerprint density at radius 2 is 2.07 bits per heavy atom. The van der Waals surface area contributed by atoms with Gasteiger partial charge in [0, 0.05) is 13.2 Å². The van der Waals surface area contributed by atoms with Crippen LogP contribution in [0.15, 0.2) is 0 Å². The fraction of sp³-hybridized carbons (Fsp3) is 0.909. The summed E-state index contributed by atoms with van der Waals surface area (Å²) in [5, 5.41) is 3.14. The zero-order valence-electron chi connectivity index (χ0n) is 10.2. The maximum absolute atomic E-state index is 11.4. The van der Waals surface area contributed by atoms with Crippen LogP contribution in [0, 0.1) is 5.92 Å². The minimum absolute atomic E-state index is 0.194. The predicted molar refractivity (Wildman–Crippen MR) is 59.8 cm³/mol. The monoisotopic (exact) mass is 217 g/mol. The Balaban J connectivity index is 3.85. The fourth-order valence-corrected chi connectivity index (χ4v) is 1.33. The molecule has 0 aromatic heterocycles. The number of hydrogen-bond donors (Lipinski definition) is 1. The van der Waals surface area contributed by atoms with Crippen molar-refractivity contribution in [2.24, 2.45) is 5.92 Å². The molecule has 15 heavy (non-hydrogen) atoms. The van der Waals surface area contributed by atoms with Crippen LogP contribution in [-0.2, 0) is 14.3 Å². The third-order valence-electron chi connectivity index (χ3n) is 2.03. The lowest BCUT2D eigenvalue weighted by molar-refractivity contribution is -0.143. The van der Waals surface area contributed by atoms with E-state index in [0.717, 1.165) is 6.42 Å². The maximum Gasteiger partial charge on any atom is 0.322 e. The van der Waals surface area contributed by atoms with E-state index in [-0.39, 0.29) is 12.0 Å². The summed E-state index contributed by atoms with van der Waals surface area (Å²) in [5.74, 6) is 0.272. The zero-order valence-corrected chi connectivity index (χ0v) is 10.2. The normalized spacial score (nSPS) is 12.9. The Morgan fingerprint density at radius 1 is 1.40 bits per heavy atom.